The molecule has 0 bridgehead atoms. The summed E-state index contributed by atoms with van der Waals surface area (Å²) in [6, 6.07) is 34.6. The van der Waals surface area contributed by atoms with E-state index in [4.69, 9.17) is 0 Å². The van der Waals surface area contributed by atoms with Crippen LogP contribution in [-0.2, 0) is 43.3 Å². The molecule has 0 N–H and O–H groups in total. The quantitative estimate of drug-likeness (QED) is 0.162. The molecule has 0 aliphatic carbocycles. The molecule has 0 radical (unpaired) electrons. The summed E-state index contributed by atoms with van der Waals surface area (Å²) in [6.07, 6.45) is 0. The third-order valence-electron chi connectivity index (χ3n) is 15.5. The lowest BCUT2D eigenvalue weighted by Gasteiger charge is -2.37. The van der Waals surface area contributed by atoms with Gasteiger partial charge in [0, 0.05) is 0 Å². The van der Waals surface area contributed by atoms with Crippen molar-refractivity contribution in [3.8, 4) is 55.6 Å². The smallest absolute Gasteiger partial charge is 0.000846 e. The van der Waals surface area contributed by atoms with Crippen molar-refractivity contribution in [3.05, 3.63) is 152 Å². The predicted molar refractivity (Wildman–Crippen MR) is 322 cm³/mol. The van der Waals surface area contributed by atoms with Gasteiger partial charge in [-0.3, -0.25) is 0 Å². The predicted octanol–water partition coefficient (Wildman–Crippen LogP) is 21.6. The summed E-state index contributed by atoms with van der Waals surface area (Å²) in [6.45, 7) is 67.3. The van der Waals surface area contributed by atoms with Gasteiger partial charge in [0.2, 0.25) is 0 Å². The van der Waals surface area contributed by atoms with Crippen LogP contribution in [0.1, 0.15) is 233 Å². The lowest BCUT2D eigenvalue weighted by Crippen LogP contribution is -2.21. The molecule has 0 nitrogen and oxygen atoms in total. The second-order valence-electron chi connectivity index (χ2n) is 30.3. The van der Waals surface area contributed by atoms with Crippen LogP contribution in [0.3, 0.4) is 0 Å². The van der Waals surface area contributed by atoms with Crippen molar-refractivity contribution in [1.82, 2.24) is 0 Å². The van der Waals surface area contributed by atoms with Gasteiger partial charge in [-0.05, 0) is 199 Å². The topological polar surface area (TPSA) is 0 Å². The van der Waals surface area contributed by atoms with E-state index in [2.05, 4.69) is 279 Å². The van der Waals surface area contributed by atoms with Crippen molar-refractivity contribution in [2.24, 2.45) is 0 Å². The molecule has 0 aliphatic rings. The van der Waals surface area contributed by atoms with Gasteiger partial charge < -0.3 is 0 Å². The molecule has 6 aromatic rings. The van der Waals surface area contributed by atoms with Gasteiger partial charge in [-0.15, -0.1) is 0 Å². The zero-order valence-electron chi connectivity index (χ0n) is 51.1. The first-order valence-electron chi connectivity index (χ1n) is 27.4. The first kappa shape index (κ1) is 56.6. The van der Waals surface area contributed by atoms with E-state index >= 15 is 0 Å². The van der Waals surface area contributed by atoms with E-state index in [1.807, 2.05) is 0 Å². The van der Waals surface area contributed by atoms with E-state index in [1.54, 1.807) is 0 Å². The van der Waals surface area contributed by atoms with Crippen molar-refractivity contribution in [3.63, 3.8) is 0 Å². The maximum atomic E-state index is 2.70. The molecule has 72 heavy (non-hydrogen) atoms. The summed E-state index contributed by atoms with van der Waals surface area (Å²) in [5.74, 6) is 0. The van der Waals surface area contributed by atoms with Gasteiger partial charge in [0.05, 0.1) is 0 Å². The van der Waals surface area contributed by atoms with E-state index in [0.29, 0.717) is 0 Å². The Labute approximate surface area is 442 Å². The number of hydrogen-bond donors (Lipinski definition) is 0. The summed E-state index contributed by atoms with van der Waals surface area (Å²) >= 11 is 0. The highest BCUT2D eigenvalue weighted by atomic mass is 14.4. The largest absolute Gasteiger partial charge is 0.0622 e. The standard InChI is InChI=1S/C72H98/c1-43-34-48(65(5,6)7)38-54(69(17,18)19)58(43)52-42-53(59-44(2)35-49(66(8,9)10)39-55(59)70(20,21)22)63(60-45(3)36-50(67(11,12)13)40-56(60)71(23,24)25)64(62(52)47-32-30-29-31-33-47)61-46(4)37-51(68(14,15)16)41-57(61)72(26,27)28/h29-42H,1-28H3. The Balaban J connectivity index is 2.21. The van der Waals surface area contributed by atoms with Crippen LogP contribution in [0, 0.1) is 27.7 Å². The van der Waals surface area contributed by atoms with Crippen molar-refractivity contribution in [2.45, 2.75) is 237 Å². The molecule has 0 atom stereocenters. The van der Waals surface area contributed by atoms with Crippen LogP contribution in [-0.4, -0.2) is 0 Å². The number of benzene rings is 6. The van der Waals surface area contributed by atoms with Crippen LogP contribution in [0.5, 0.6) is 0 Å². The van der Waals surface area contributed by atoms with Gasteiger partial charge in [-0.2, -0.15) is 0 Å². The van der Waals surface area contributed by atoms with Crippen LogP contribution in [0.15, 0.2) is 84.9 Å². The van der Waals surface area contributed by atoms with Crippen LogP contribution in [0.25, 0.3) is 55.6 Å². The number of rotatable bonds is 5. The first-order chi connectivity index (χ1) is 32.5. The Kier molecular flexibility index (Phi) is 14.6. The molecule has 0 saturated carbocycles. The molecule has 6 aromatic carbocycles. The average Bonchev–Trinajstić information content (AvgIpc) is 3.19. The highest BCUT2D eigenvalue weighted by Crippen LogP contribution is 2.58. The second kappa shape index (κ2) is 18.6. The van der Waals surface area contributed by atoms with Gasteiger partial charge in [0.15, 0.2) is 0 Å². The summed E-state index contributed by atoms with van der Waals surface area (Å²) in [5, 5.41) is 0. The third kappa shape index (κ3) is 11.2. The Morgan fingerprint density at radius 2 is 0.472 bits per heavy atom. The molecule has 6 rings (SSSR count). The first-order valence-corrected chi connectivity index (χ1v) is 27.4. The Bertz CT molecular complexity index is 3010. The summed E-state index contributed by atoms with van der Waals surface area (Å²) in [4.78, 5) is 0. The van der Waals surface area contributed by atoms with Crippen molar-refractivity contribution < 1.29 is 0 Å². The van der Waals surface area contributed by atoms with Crippen LogP contribution < -0.4 is 0 Å². The van der Waals surface area contributed by atoms with Crippen LogP contribution >= 0.6 is 0 Å². The van der Waals surface area contributed by atoms with E-state index in [-0.39, 0.29) is 43.3 Å². The Hall–Kier alpha value is -4.68. The zero-order valence-corrected chi connectivity index (χ0v) is 51.1. The maximum Gasteiger partial charge on any atom is -0.000846 e. The lowest BCUT2D eigenvalue weighted by molar-refractivity contribution is 0.567. The van der Waals surface area contributed by atoms with Crippen molar-refractivity contribution in [1.29, 1.82) is 0 Å². The Morgan fingerprint density at radius 3 is 0.750 bits per heavy atom. The molecule has 0 saturated heterocycles. The van der Waals surface area contributed by atoms with Gasteiger partial charge in [-0.1, -0.05) is 245 Å². The van der Waals surface area contributed by atoms with E-state index in [0.717, 1.165) is 0 Å². The molecular weight excluding hydrogens is 865 g/mol. The van der Waals surface area contributed by atoms with E-state index in [1.165, 1.54) is 122 Å². The van der Waals surface area contributed by atoms with Crippen LogP contribution in [0.4, 0.5) is 0 Å². The summed E-state index contributed by atoms with van der Waals surface area (Å²) < 4.78 is 0. The highest BCUT2D eigenvalue weighted by molar-refractivity contribution is 6.10. The number of aryl methyl sites for hydroxylation is 4. The zero-order chi connectivity index (χ0) is 54.6. The molecule has 0 heterocycles. The molecular formula is C72H98. The minimum absolute atomic E-state index is 0.0210. The molecule has 0 unspecified atom stereocenters. The third-order valence-corrected chi connectivity index (χ3v) is 15.5. The van der Waals surface area contributed by atoms with E-state index in [9.17, 15) is 0 Å². The fourth-order valence-corrected chi connectivity index (χ4v) is 11.1. The van der Waals surface area contributed by atoms with Gasteiger partial charge >= 0.3 is 0 Å². The second-order valence-corrected chi connectivity index (χ2v) is 30.3. The average molecular weight is 964 g/mol. The lowest BCUT2D eigenvalue weighted by atomic mass is 9.67. The Morgan fingerprint density at radius 1 is 0.222 bits per heavy atom. The molecule has 0 aromatic heterocycles. The molecule has 0 aliphatic heterocycles. The molecule has 0 fully saturated rings. The molecule has 0 spiro atoms. The van der Waals surface area contributed by atoms with Crippen LogP contribution in [0.2, 0.25) is 0 Å². The minimum Gasteiger partial charge on any atom is -0.0622 e. The summed E-state index contributed by atoms with van der Waals surface area (Å²) in [7, 11) is 0. The van der Waals surface area contributed by atoms with Gasteiger partial charge in [-0.25, -0.2) is 0 Å². The van der Waals surface area contributed by atoms with Crippen molar-refractivity contribution >= 4 is 0 Å². The van der Waals surface area contributed by atoms with Crippen molar-refractivity contribution in [2.75, 3.05) is 0 Å². The highest BCUT2D eigenvalue weighted by Gasteiger charge is 2.37. The SMILES string of the molecule is Cc1cc(C(C)(C)C)cc(C(C)(C)C)c1-c1cc(-c2c(C)cc(C(C)(C)C)cc2C(C)(C)C)c(-c2c(C)cc(C(C)(C)C)cc2C(C)(C)C)c(-c2c(C)cc(C(C)(C)C)cc2C(C)(C)C)c1-c1ccccc1. The van der Waals surface area contributed by atoms with Gasteiger partial charge in [0.25, 0.3) is 0 Å². The maximum absolute atomic E-state index is 2.70. The molecule has 386 valence electrons. The number of hydrogen-bond acceptors (Lipinski definition) is 0. The van der Waals surface area contributed by atoms with E-state index < -0.39 is 0 Å². The minimum atomic E-state index is -0.192. The summed E-state index contributed by atoms with van der Waals surface area (Å²) in [5.41, 5.74) is 28.8. The normalized spacial score (nSPS) is 13.6. The fraction of sp³-hybridized carbons (Fsp3) is 0.500. The monoisotopic (exact) mass is 963 g/mol. The molecule has 0 amide bonds. The van der Waals surface area contributed by atoms with Gasteiger partial charge in [0.1, 0.15) is 0 Å². The fourth-order valence-electron chi connectivity index (χ4n) is 11.1. The molecule has 0 heteroatoms.